The van der Waals surface area contributed by atoms with Crippen molar-refractivity contribution in [1.29, 1.82) is 5.26 Å². The minimum absolute atomic E-state index is 0.177. The van der Waals surface area contributed by atoms with Gasteiger partial charge in [0.2, 0.25) is 5.95 Å². The topological polar surface area (TPSA) is 88.3 Å². The first kappa shape index (κ1) is 16.5. The molecule has 6 nitrogen and oxygen atoms in total. The highest BCUT2D eigenvalue weighted by molar-refractivity contribution is 5.87. The van der Waals surface area contributed by atoms with Crippen LogP contribution in [-0.2, 0) is 0 Å². The Morgan fingerprint density at radius 1 is 1.24 bits per heavy atom. The number of hydrogen-bond acceptors (Lipinski definition) is 5. The minimum Gasteiger partial charge on any atom is -0.507 e. The number of phenols is 1. The number of fused-ring (bicyclic) bond motifs is 1. The summed E-state index contributed by atoms with van der Waals surface area (Å²) < 4.78 is 0. The van der Waals surface area contributed by atoms with E-state index in [1.165, 1.54) is 0 Å². The monoisotopic (exact) mass is 333 g/mol. The zero-order valence-corrected chi connectivity index (χ0v) is 14.2. The number of nitriles is 1. The summed E-state index contributed by atoms with van der Waals surface area (Å²) >= 11 is 0. The van der Waals surface area contributed by atoms with Crippen LogP contribution in [0.3, 0.4) is 0 Å². The summed E-state index contributed by atoms with van der Waals surface area (Å²) in [4.78, 5) is 13.9. The van der Waals surface area contributed by atoms with Crippen LogP contribution in [0.2, 0.25) is 0 Å². The van der Waals surface area contributed by atoms with E-state index in [-0.39, 0.29) is 5.75 Å². The predicted molar refractivity (Wildman–Crippen MR) is 99.7 cm³/mol. The van der Waals surface area contributed by atoms with Gasteiger partial charge in [-0.1, -0.05) is 0 Å². The molecule has 0 saturated carbocycles. The summed E-state index contributed by atoms with van der Waals surface area (Å²) in [6.45, 7) is 5.92. The first-order valence-electron chi connectivity index (χ1n) is 8.16. The molecule has 0 bridgehead atoms. The van der Waals surface area contributed by atoms with Gasteiger partial charge in [-0.2, -0.15) is 5.26 Å². The van der Waals surface area contributed by atoms with E-state index < -0.39 is 0 Å². The molecule has 0 saturated heterocycles. The number of rotatable bonds is 5. The van der Waals surface area contributed by atoms with Crippen molar-refractivity contribution in [3.63, 3.8) is 0 Å². The number of imidazole rings is 1. The standard InChI is InChI=1S/C19H19N5O/c1-3-24(4-2)15-7-6-14(18(25)10-15)12-21-19-22-16-8-5-13(11-20)9-17(16)23-19/h5-10,12,25H,3-4H2,1-2H3,(H,22,23). The number of aromatic nitrogens is 2. The lowest BCUT2D eigenvalue weighted by Gasteiger charge is -2.21. The molecule has 2 N–H and O–H groups in total. The Morgan fingerprint density at radius 2 is 2.04 bits per heavy atom. The SMILES string of the molecule is CCN(CC)c1ccc(C=Nc2nc3ccc(C#N)cc3[nH]2)c(O)c1. The Morgan fingerprint density at radius 3 is 2.72 bits per heavy atom. The van der Waals surface area contributed by atoms with Crippen molar-refractivity contribution in [2.45, 2.75) is 13.8 Å². The number of aromatic amines is 1. The lowest BCUT2D eigenvalue weighted by molar-refractivity contribution is 0.474. The van der Waals surface area contributed by atoms with Gasteiger partial charge in [0.25, 0.3) is 0 Å². The van der Waals surface area contributed by atoms with Crippen molar-refractivity contribution >= 4 is 28.9 Å². The van der Waals surface area contributed by atoms with Crippen molar-refractivity contribution in [2.24, 2.45) is 4.99 Å². The lowest BCUT2D eigenvalue weighted by Crippen LogP contribution is -2.21. The number of hydrogen-bond donors (Lipinski definition) is 2. The normalized spacial score (nSPS) is 11.1. The Kier molecular flexibility index (Phi) is 4.66. The number of phenolic OH excluding ortho intramolecular Hbond substituents is 1. The molecule has 1 aromatic heterocycles. The fourth-order valence-electron chi connectivity index (χ4n) is 2.68. The molecule has 0 atom stereocenters. The molecule has 0 aliphatic carbocycles. The van der Waals surface area contributed by atoms with Gasteiger partial charge in [0.1, 0.15) is 5.75 Å². The van der Waals surface area contributed by atoms with Crippen LogP contribution in [0.15, 0.2) is 41.4 Å². The number of nitrogens with zero attached hydrogens (tertiary/aromatic N) is 4. The zero-order valence-electron chi connectivity index (χ0n) is 14.2. The number of H-pyrrole nitrogens is 1. The Balaban J connectivity index is 1.85. The maximum absolute atomic E-state index is 10.2. The summed E-state index contributed by atoms with van der Waals surface area (Å²) in [5.74, 6) is 0.605. The van der Waals surface area contributed by atoms with E-state index >= 15 is 0 Å². The number of aromatic hydroxyl groups is 1. The van der Waals surface area contributed by atoms with Crippen molar-refractivity contribution in [3.05, 3.63) is 47.5 Å². The van der Waals surface area contributed by atoms with Crippen LogP contribution < -0.4 is 4.90 Å². The number of nitrogens with one attached hydrogen (secondary N) is 1. The third-order valence-corrected chi connectivity index (χ3v) is 4.07. The van der Waals surface area contributed by atoms with Crippen LogP contribution >= 0.6 is 0 Å². The Labute approximate surface area is 146 Å². The summed E-state index contributed by atoms with van der Waals surface area (Å²) in [7, 11) is 0. The molecule has 0 radical (unpaired) electrons. The summed E-state index contributed by atoms with van der Waals surface area (Å²) in [5.41, 5.74) is 3.66. The number of benzene rings is 2. The van der Waals surface area contributed by atoms with Crippen molar-refractivity contribution in [3.8, 4) is 11.8 Å². The molecule has 1 heterocycles. The second-order valence-electron chi connectivity index (χ2n) is 5.58. The molecule has 3 aromatic rings. The summed E-state index contributed by atoms with van der Waals surface area (Å²) in [6.07, 6.45) is 1.57. The van der Waals surface area contributed by atoms with Gasteiger partial charge < -0.3 is 15.0 Å². The molecule has 0 fully saturated rings. The molecule has 0 aliphatic heterocycles. The third-order valence-electron chi connectivity index (χ3n) is 4.07. The first-order chi connectivity index (χ1) is 12.1. The van der Waals surface area contributed by atoms with Gasteiger partial charge in [0.15, 0.2) is 0 Å². The van der Waals surface area contributed by atoms with Crippen LogP contribution in [0.1, 0.15) is 25.0 Å². The van der Waals surface area contributed by atoms with Crippen molar-refractivity contribution < 1.29 is 5.11 Å². The number of anilines is 1. The fourth-order valence-corrected chi connectivity index (χ4v) is 2.68. The van der Waals surface area contributed by atoms with Gasteiger partial charge in [-0.05, 0) is 44.2 Å². The van der Waals surface area contributed by atoms with Gasteiger partial charge in [-0.15, -0.1) is 0 Å². The predicted octanol–water partition coefficient (Wildman–Crippen LogP) is 3.74. The first-order valence-corrected chi connectivity index (χ1v) is 8.16. The average Bonchev–Trinajstić information content (AvgIpc) is 3.04. The summed E-state index contributed by atoms with van der Waals surface area (Å²) in [6, 6.07) is 12.9. The maximum Gasteiger partial charge on any atom is 0.227 e. The van der Waals surface area contributed by atoms with Crippen LogP contribution in [-0.4, -0.2) is 34.4 Å². The maximum atomic E-state index is 10.2. The Hall–Kier alpha value is -3.33. The highest BCUT2D eigenvalue weighted by Crippen LogP contribution is 2.24. The quantitative estimate of drug-likeness (QED) is 0.696. The van der Waals surface area contributed by atoms with Gasteiger partial charge in [-0.3, -0.25) is 0 Å². The second-order valence-corrected chi connectivity index (χ2v) is 5.58. The van der Waals surface area contributed by atoms with Gasteiger partial charge in [0, 0.05) is 36.6 Å². The fraction of sp³-hybridized carbons (Fsp3) is 0.211. The zero-order chi connectivity index (χ0) is 17.8. The van der Waals surface area contributed by atoms with E-state index in [2.05, 4.69) is 39.8 Å². The lowest BCUT2D eigenvalue weighted by atomic mass is 10.2. The highest BCUT2D eigenvalue weighted by atomic mass is 16.3. The van der Waals surface area contributed by atoms with E-state index in [4.69, 9.17) is 5.26 Å². The van der Waals surface area contributed by atoms with E-state index in [1.807, 2.05) is 12.1 Å². The molecule has 126 valence electrons. The van der Waals surface area contributed by atoms with Crippen LogP contribution in [0.5, 0.6) is 5.75 Å². The van der Waals surface area contributed by atoms with Gasteiger partial charge in [0.05, 0.1) is 22.7 Å². The van der Waals surface area contributed by atoms with E-state index in [9.17, 15) is 5.11 Å². The van der Waals surface area contributed by atoms with Crippen LogP contribution in [0.4, 0.5) is 11.6 Å². The molecular weight excluding hydrogens is 314 g/mol. The van der Waals surface area contributed by atoms with E-state index in [0.717, 1.165) is 29.8 Å². The molecular formula is C19H19N5O. The molecule has 0 unspecified atom stereocenters. The molecule has 3 rings (SSSR count). The third kappa shape index (κ3) is 3.45. The molecule has 0 aliphatic rings. The summed E-state index contributed by atoms with van der Waals surface area (Å²) in [5, 5.41) is 19.2. The second kappa shape index (κ2) is 7.05. The van der Waals surface area contributed by atoms with Gasteiger partial charge in [-0.25, -0.2) is 9.98 Å². The average molecular weight is 333 g/mol. The molecule has 25 heavy (non-hydrogen) atoms. The molecule has 2 aromatic carbocycles. The van der Waals surface area contributed by atoms with Crippen molar-refractivity contribution in [1.82, 2.24) is 9.97 Å². The minimum atomic E-state index is 0.177. The molecule has 6 heteroatoms. The van der Waals surface area contributed by atoms with Crippen LogP contribution in [0.25, 0.3) is 11.0 Å². The highest BCUT2D eigenvalue weighted by Gasteiger charge is 2.06. The smallest absolute Gasteiger partial charge is 0.227 e. The van der Waals surface area contributed by atoms with E-state index in [1.54, 1.807) is 30.5 Å². The van der Waals surface area contributed by atoms with Gasteiger partial charge >= 0.3 is 0 Å². The van der Waals surface area contributed by atoms with Crippen molar-refractivity contribution in [2.75, 3.05) is 18.0 Å². The van der Waals surface area contributed by atoms with Crippen LogP contribution in [0, 0.1) is 11.3 Å². The largest absolute Gasteiger partial charge is 0.507 e. The molecule has 0 amide bonds. The Bertz CT molecular complexity index is 964. The van der Waals surface area contributed by atoms with E-state index in [0.29, 0.717) is 17.1 Å². The molecule has 0 spiro atoms. The number of aliphatic imine (C=N–C) groups is 1.